The van der Waals surface area contributed by atoms with Crippen molar-refractivity contribution in [3.05, 3.63) is 24.2 Å². The SMILES string of the molecule is COC(=O)[C@H]1C(=O)CC[C@@H]1c1ccoc1. The lowest BCUT2D eigenvalue weighted by molar-refractivity contribution is -0.148. The first-order valence-corrected chi connectivity index (χ1v) is 4.86. The van der Waals surface area contributed by atoms with E-state index in [9.17, 15) is 9.59 Å². The Bertz CT molecular complexity index is 366. The van der Waals surface area contributed by atoms with E-state index in [4.69, 9.17) is 4.42 Å². The standard InChI is InChI=1S/C11H12O4/c1-14-11(13)10-8(2-3-9(10)12)7-4-5-15-6-7/h4-6,8,10H,2-3H2,1H3/t8-,10-/m1/s1. The van der Waals surface area contributed by atoms with Gasteiger partial charge in [-0.1, -0.05) is 0 Å². The predicted molar refractivity (Wildman–Crippen MR) is 51.2 cm³/mol. The molecule has 4 heteroatoms. The molecule has 0 aromatic carbocycles. The lowest BCUT2D eigenvalue weighted by atomic mass is 9.90. The largest absolute Gasteiger partial charge is 0.472 e. The molecule has 0 saturated heterocycles. The van der Waals surface area contributed by atoms with E-state index in [0.29, 0.717) is 12.8 Å². The molecular weight excluding hydrogens is 196 g/mol. The number of hydrogen-bond donors (Lipinski definition) is 0. The summed E-state index contributed by atoms with van der Waals surface area (Å²) < 4.78 is 9.60. The number of ether oxygens (including phenoxy) is 1. The third kappa shape index (κ3) is 1.67. The minimum atomic E-state index is -0.646. The van der Waals surface area contributed by atoms with Gasteiger partial charge in [0, 0.05) is 12.3 Å². The molecule has 1 saturated carbocycles. The number of esters is 1. The fourth-order valence-corrected chi connectivity index (χ4v) is 2.11. The van der Waals surface area contributed by atoms with E-state index < -0.39 is 11.9 Å². The van der Waals surface area contributed by atoms with Crippen molar-refractivity contribution in [2.75, 3.05) is 7.11 Å². The average molecular weight is 208 g/mol. The molecule has 1 aliphatic carbocycles. The Morgan fingerprint density at radius 3 is 3.00 bits per heavy atom. The summed E-state index contributed by atoms with van der Waals surface area (Å²) in [5.41, 5.74) is 0.899. The van der Waals surface area contributed by atoms with Gasteiger partial charge in [0.05, 0.1) is 19.6 Å². The minimum absolute atomic E-state index is 0.0342. The molecule has 0 N–H and O–H groups in total. The van der Waals surface area contributed by atoms with Crippen molar-refractivity contribution in [2.45, 2.75) is 18.8 Å². The molecule has 1 aromatic rings. The maximum absolute atomic E-state index is 11.5. The summed E-state index contributed by atoms with van der Waals surface area (Å²) in [4.78, 5) is 23.0. The van der Waals surface area contributed by atoms with E-state index >= 15 is 0 Å². The number of carbonyl (C=O) groups excluding carboxylic acids is 2. The van der Waals surface area contributed by atoms with Crippen LogP contribution in [0.5, 0.6) is 0 Å². The van der Waals surface area contributed by atoms with E-state index in [2.05, 4.69) is 4.74 Å². The highest BCUT2D eigenvalue weighted by Crippen LogP contribution is 2.38. The molecule has 1 aliphatic rings. The Kier molecular flexibility index (Phi) is 2.58. The van der Waals surface area contributed by atoms with E-state index in [-0.39, 0.29) is 11.7 Å². The van der Waals surface area contributed by atoms with Gasteiger partial charge < -0.3 is 9.15 Å². The molecule has 1 heterocycles. The molecular formula is C11H12O4. The number of furan rings is 1. The third-order valence-corrected chi connectivity index (χ3v) is 2.88. The molecule has 15 heavy (non-hydrogen) atoms. The molecule has 1 fully saturated rings. The van der Waals surface area contributed by atoms with Crippen LogP contribution in [-0.4, -0.2) is 18.9 Å². The highest BCUT2D eigenvalue weighted by molar-refractivity contribution is 6.01. The van der Waals surface area contributed by atoms with Crippen LogP contribution in [0, 0.1) is 5.92 Å². The summed E-state index contributed by atoms with van der Waals surface area (Å²) in [5.74, 6) is -1.20. The second-order valence-corrected chi connectivity index (χ2v) is 3.67. The number of Topliss-reactive ketones (excluding diaryl/α,β-unsaturated/α-hetero) is 1. The van der Waals surface area contributed by atoms with Crippen LogP contribution in [-0.2, 0) is 14.3 Å². The van der Waals surface area contributed by atoms with Crippen molar-refractivity contribution in [3.8, 4) is 0 Å². The Morgan fingerprint density at radius 1 is 1.60 bits per heavy atom. The van der Waals surface area contributed by atoms with Gasteiger partial charge in [-0.2, -0.15) is 0 Å². The maximum Gasteiger partial charge on any atom is 0.316 e. The van der Waals surface area contributed by atoms with Crippen LogP contribution in [0.1, 0.15) is 24.3 Å². The van der Waals surface area contributed by atoms with Crippen LogP contribution in [0.15, 0.2) is 23.0 Å². The van der Waals surface area contributed by atoms with Crippen molar-refractivity contribution < 1.29 is 18.7 Å². The molecule has 2 atom stereocenters. The first-order chi connectivity index (χ1) is 7.24. The fraction of sp³-hybridized carbons (Fsp3) is 0.455. The summed E-state index contributed by atoms with van der Waals surface area (Å²) in [7, 11) is 1.31. The van der Waals surface area contributed by atoms with Gasteiger partial charge in [-0.3, -0.25) is 9.59 Å². The van der Waals surface area contributed by atoms with Gasteiger partial charge in [0.25, 0.3) is 0 Å². The second kappa shape index (κ2) is 3.88. The molecule has 0 aliphatic heterocycles. The first kappa shape index (κ1) is 9.96. The number of ketones is 1. The van der Waals surface area contributed by atoms with Gasteiger partial charge in [0.2, 0.25) is 0 Å². The topological polar surface area (TPSA) is 56.5 Å². The Labute approximate surface area is 87.2 Å². The van der Waals surface area contributed by atoms with Crippen LogP contribution < -0.4 is 0 Å². The zero-order valence-corrected chi connectivity index (χ0v) is 8.43. The smallest absolute Gasteiger partial charge is 0.316 e. The number of rotatable bonds is 2. The van der Waals surface area contributed by atoms with Crippen LogP contribution >= 0.6 is 0 Å². The highest BCUT2D eigenvalue weighted by Gasteiger charge is 2.41. The van der Waals surface area contributed by atoms with Crippen molar-refractivity contribution in [1.29, 1.82) is 0 Å². The summed E-state index contributed by atoms with van der Waals surface area (Å²) in [5, 5.41) is 0. The van der Waals surface area contributed by atoms with E-state index in [0.717, 1.165) is 5.56 Å². The zero-order chi connectivity index (χ0) is 10.8. The normalized spacial score (nSPS) is 25.5. The molecule has 0 spiro atoms. The van der Waals surface area contributed by atoms with Crippen LogP contribution in [0.2, 0.25) is 0 Å². The number of methoxy groups -OCH3 is 1. The van der Waals surface area contributed by atoms with E-state index in [1.54, 1.807) is 18.6 Å². The minimum Gasteiger partial charge on any atom is -0.472 e. The third-order valence-electron chi connectivity index (χ3n) is 2.88. The predicted octanol–water partition coefficient (Wildman–Crippen LogP) is 1.52. The Balaban J connectivity index is 2.25. The molecule has 4 nitrogen and oxygen atoms in total. The van der Waals surface area contributed by atoms with Gasteiger partial charge in [-0.25, -0.2) is 0 Å². The summed E-state index contributed by atoms with van der Waals surface area (Å²) in [6.07, 6.45) is 4.26. The second-order valence-electron chi connectivity index (χ2n) is 3.67. The zero-order valence-electron chi connectivity index (χ0n) is 8.43. The monoisotopic (exact) mass is 208 g/mol. The average Bonchev–Trinajstić information content (AvgIpc) is 2.85. The first-order valence-electron chi connectivity index (χ1n) is 4.86. The van der Waals surface area contributed by atoms with Crippen molar-refractivity contribution in [2.24, 2.45) is 5.92 Å². The van der Waals surface area contributed by atoms with Crippen molar-refractivity contribution >= 4 is 11.8 Å². The molecule has 80 valence electrons. The van der Waals surface area contributed by atoms with Crippen molar-refractivity contribution in [1.82, 2.24) is 0 Å². The van der Waals surface area contributed by atoms with Crippen LogP contribution in [0.25, 0.3) is 0 Å². The van der Waals surface area contributed by atoms with Gasteiger partial charge in [-0.05, 0) is 18.1 Å². The molecule has 0 bridgehead atoms. The lowest BCUT2D eigenvalue weighted by Gasteiger charge is -2.13. The number of carbonyl (C=O) groups is 2. The van der Waals surface area contributed by atoms with Crippen LogP contribution in [0.3, 0.4) is 0 Å². The van der Waals surface area contributed by atoms with E-state index in [1.165, 1.54) is 7.11 Å². The molecule has 0 unspecified atom stereocenters. The Hall–Kier alpha value is -1.58. The molecule has 0 amide bonds. The molecule has 2 rings (SSSR count). The highest BCUT2D eigenvalue weighted by atomic mass is 16.5. The van der Waals surface area contributed by atoms with E-state index in [1.807, 2.05) is 0 Å². The number of hydrogen-bond acceptors (Lipinski definition) is 4. The maximum atomic E-state index is 11.5. The molecule has 0 radical (unpaired) electrons. The summed E-state index contributed by atoms with van der Waals surface area (Å²) >= 11 is 0. The summed E-state index contributed by atoms with van der Waals surface area (Å²) in [6, 6.07) is 1.79. The van der Waals surface area contributed by atoms with Gasteiger partial charge in [0.1, 0.15) is 11.7 Å². The lowest BCUT2D eigenvalue weighted by Crippen LogP contribution is -2.24. The van der Waals surface area contributed by atoms with Gasteiger partial charge in [0.15, 0.2) is 0 Å². The fourth-order valence-electron chi connectivity index (χ4n) is 2.11. The molecule has 1 aromatic heterocycles. The van der Waals surface area contributed by atoms with Crippen LogP contribution in [0.4, 0.5) is 0 Å². The quantitative estimate of drug-likeness (QED) is 0.546. The summed E-state index contributed by atoms with van der Waals surface area (Å²) in [6.45, 7) is 0. The Morgan fingerprint density at radius 2 is 2.40 bits per heavy atom. The van der Waals surface area contributed by atoms with Gasteiger partial charge >= 0.3 is 5.97 Å². The van der Waals surface area contributed by atoms with Gasteiger partial charge in [-0.15, -0.1) is 0 Å². The van der Waals surface area contributed by atoms with Crippen molar-refractivity contribution in [3.63, 3.8) is 0 Å².